The van der Waals surface area contributed by atoms with E-state index in [4.69, 9.17) is 15.2 Å². The molecule has 0 aromatic heterocycles. The Morgan fingerprint density at radius 2 is 1.74 bits per heavy atom. The van der Waals surface area contributed by atoms with Gasteiger partial charge in [-0.15, -0.1) is 11.8 Å². The van der Waals surface area contributed by atoms with E-state index in [1.165, 1.54) is 16.7 Å². The van der Waals surface area contributed by atoms with Crippen LogP contribution >= 0.6 is 11.8 Å². The quantitative estimate of drug-likeness (QED) is 0.525. The monoisotopic (exact) mass is 474 g/mol. The molecule has 2 aromatic carbocycles. The first-order valence-electron chi connectivity index (χ1n) is 10.8. The number of rotatable bonds is 5. The van der Waals surface area contributed by atoms with E-state index < -0.39 is 24.1 Å². The highest BCUT2D eigenvalue weighted by Crippen LogP contribution is 2.41. The predicted molar refractivity (Wildman–Crippen MR) is 127 cm³/mol. The van der Waals surface area contributed by atoms with Gasteiger partial charge in [0, 0.05) is 11.3 Å². The molecule has 2 aromatic rings. The number of hydrogen-bond donors (Lipinski definition) is 1. The molecule has 2 N–H and O–H groups in total. The first-order chi connectivity index (χ1) is 16.4. The second-order valence-electron chi connectivity index (χ2n) is 8.18. The summed E-state index contributed by atoms with van der Waals surface area (Å²) in [6.07, 6.45) is 2.56. The number of cyclic esters (lactones) is 1. The molecular formula is C26H22N2O5S. The maximum absolute atomic E-state index is 13.6. The van der Waals surface area contributed by atoms with Gasteiger partial charge in [-0.05, 0) is 35.8 Å². The van der Waals surface area contributed by atoms with Crippen molar-refractivity contribution >= 4 is 29.6 Å². The predicted octanol–water partition coefficient (Wildman–Crippen LogP) is 3.20. The largest absolute Gasteiger partial charge is 0.448 e. The lowest BCUT2D eigenvalue weighted by Crippen LogP contribution is -2.68. The molecule has 2 atom stereocenters. The lowest BCUT2D eigenvalue weighted by molar-refractivity contribution is -0.153. The van der Waals surface area contributed by atoms with Crippen molar-refractivity contribution in [3.63, 3.8) is 0 Å². The number of fused-ring (bicyclic) bond motifs is 1. The van der Waals surface area contributed by atoms with Crippen molar-refractivity contribution in [1.29, 1.82) is 0 Å². The molecule has 1 fully saturated rings. The smallest absolute Gasteiger partial charge is 0.356 e. The summed E-state index contributed by atoms with van der Waals surface area (Å²) < 4.78 is 11.3. The summed E-state index contributed by atoms with van der Waals surface area (Å²) in [5, 5.41) is -0.340. The Morgan fingerprint density at radius 3 is 2.29 bits per heavy atom. The zero-order valence-corrected chi connectivity index (χ0v) is 19.2. The summed E-state index contributed by atoms with van der Waals surface area (Å²) in [6, 6.07) is 18.2. The van der Waals surface area contributed by atoms with Crippen molar-refractivity contribution in [2.24, 2.45) is 5.73 Å². The van der Waals surface area contributed by atoms with Crippen LogP contribution in [0.25, 0.3) is 0 Å². The van der Waals surface area contributed by atoms with Gasteiger partial charge in [0.1, 0.15) is 22.9 Å². The Kier molecular flexibility index (Phi) is 5.85. The first kappa shape index (κ1) is 22.2. The SMILES string of the molecule is CC1=C/C(=C\C2=C(C(=O)OC(c3ccccc3)c3ccccc3)N3C(=O)[C@@H](N)[C@@H]3SC2)OC1=O. The van der Waals surface area contributed by atoms with Crippen LogP contribution in [0, 0.1) is 0 Å². The van der Waals surface area contributed by atoms with Gasteiger partial charge in [0.15, 0.2) is 6.10 Å². The summed E-state index contributed by atoms with van der Waals surface area (Å²) in [7, 11) is 0. The van der Waals surface area contributed by atoms with E-state index in [-0.39, 0.29) is 17.0 Å². The fourth-order valence-corrected chi connectivity index (χ4v) is 5.37. The van der Waals surface area contributed by atoms with Gasteiger partial charge in [-0.3, -0.25) is 9.69 Å². The molecule has 1 amide bonds. The number of hydrogen-bond acceptors (Lipinski definition) is 7. The maximum Gasteiger partial charge on any atom is 0.356 e. The minimum Gasteiger partial charge on any atom is -0.448 e. The molecule has 0 bridgehead atoms. The number of nitrogens with zero attached hydrogens (tertiary/aromatic N) is 1. The van der Waals surface area contributed by atoms with Crippen LogP contribution in [0.5, 0.6) is 0 Å². The van der Waals surface area contributed by atoms with Gasteiger partial charge in [0.05, 0.1) is 0 Å². The second kappa shape index (κ2) is 8.96. The van der Waals surface area contributed by atoms with E-state index >= 15 is 0 Å². The van der Waals surface area contributed by atoms with E-state index in [0.717, 1.165) is 11.1 Å². The van der Waals surface area contributed by atoms with Crippen LogP contribution in [-0.2, 0) is 23.9 Å². The van der Waals surface area contributed by atoms with Crippen molar-refractivity contribution in [3.05, 3.63) is 107 Å². The van der Waals surface area contributed by atoms with E-state index in [2.05, 4.69) is 0 Å². The third-order valence-electron chi connectivity index (χ3n) is 5.87. The number of carbonyl (C=O) groups excluding carboxylic acids is 3. The van der Waals surface area contributed by atoms with Gasteiger partial charge in [0.25, 0.3) is 0 Å². The Balaban J connectivity index is 1.54. The van der Waals surface area contributed by atoms with Crippen molar-refractivity contribution in [2.45, 2.75) is 24.4 Å². The highest BCUT2D eigenvalue weighted by molar-refractivity contribution is 8.00. The molecule has 5 rings (SSSR count). The number of carbonyl (C=O) groups is 3. The van der Waals surface area contributed by atoms with Crippen molar-refractivity contribution in [3.8, 4) is 0 Å². The molecular weight excluding hydrogens is 452 g/mol. The summed E-state index contributed by atoms with van der Waals surface area (Å²) in [6.45, 7) is 1.65. The third kappa shape index (κ3) is 3.95. The number of thioether (sulfide) groups is 1. The Morgan fingerprint density at radius 1 is 1.12 bits per heavy atom. The van der Waals surface area contributed by atoms with Crippen LogP contribution in [0.1, 0.15) is 24.2 Å². The zero-order chi connectivity index (χ0) is 23.8. The van der Waals surface area contributed by atoms with Crippen molar-refractivity contribution in [2.75, 3.05) is 5.75 Å². The van der Waals surface area contributed by atoms with Crippen LogP contribution < -0.4 is 5.73 Å². The zero-order valence-electron chi connectivity index (χ0n) is 18.3. The summed E-state index contributed by atoms with van der Waals surface area (Å²) in [5.41, 5.74) is 8.74. The number of amides is 1. The number of allylic oxidation sites excluding steroid dienone is 2. The Hall–Kier alpha value is -3.62. The molecule has 3 heterocycles. The molecule has 0 saturated carbocycles. The minimum absolute atomic E-state index is 0.133. The number of β-lactam (4-membered cyclic amide) rings is 1. The molecule has 0 spiro atoms. The van der Waals surface area contributed by atoms with Crippen molar-refractivity contribution < 1.29 is 23.9 Å². The van der Waals surface area contributed by atoms with Crippen LogP contribution in [-0.4, -0.2) is 39.9 Å². The second-order valence-corrected chi connectivity index (χ2v) is 9.28. The highest BCUT2D eigenvalue weighted by atomic mass is 32.2. The van der Waals surface area contributed by atoms with Gasteiger partial charge in [-0.1, -0.05) is 60.7 Å². The van der Waals surface area contributed by atoms with Crippen molar-refractivity contribution in [1.82, 2.24) is 4.90 Å². The molecule has 172 valence electrons. The van der Waals surface area contributed by atoms with Gasteiger partial charge in [0.2, 0.25) is 5.91 Å². The van der Waals surface area contributed by atoms with Crippen LogP contribution in [0.4, 0.5) is 0 Å². The number of benzene rings is 2. The topological polar surface area (TPSA) is 98.9 Å². The standard InChI is InChI=1S/C26H22N2O5S/c1-15-12-19(32-25(15)30)13-18-14-34-24-20(27)23(29)28(24)21(18)26(31)33-22(16-8-4-2-5-9-16)17-10-6-3-7-11-17/h2-13,20,22,24H,14,27H2,1H3/b19-13+/t20-,24+/m1/s1. The van der Waals surface area contributed by atoms with E-state index in [0.29, 0.717) is 22.7 Å². The van der Waals surface area contributed by atoms with Crippen LogP contribution in [0.2, 0.25) is 0 Å². The molecule has 8 heteroatoms. The van der Waals surface area contributed by atoms with Gasteiger partial charge >= 0.3 is 11.9 Å². The number of ether oxygens (including phenoxy) is 2. The molecule has 1 saturated heterocycles. The van der Waals surface area contributed by atoms with Gasteiger partial charge in [-0.25, -0.2) is 9.59 Å². The lowest BCUT2D eigenvalue weighted by atomic mass is 10.0. The highest BCUT2D eigenvalue weighted by Gasteiger charge is 2.52. The third-order valence-corrected chi connectivity index (χ3v) is 7.19. The maximum atomic E-state index is 13.6. The van der Waals surface area contributed by atoms with Gasteiger partial charge < -0.3 is 15.2 Å². The fourth-order valence-electron chi connectivity index (χ4n) is 4.12. The summed E-state index contributed by atoms with van der Waals surface area (Å²) in [5.74, 6) is -0.678. The van der Waals surface area contributed by atoms with E-state index in [1.807, 2.05) is 60.7 Å². The molecule has 34 heavy (non-hydrogen) atoms. The normalized spacial score (nSPS) is 23.0. The number of esters is 2. The Labute approximate surface area is 200 Å². The fraction of sp³-hybridized carbons (Fsp3) is 0.192. The van der Waals surface area contributed by atoms with E-state index in [9.17, 15) is 14.4 Å². The first-order valence-corrected chi connectivity index (χ1v) is 11.9. The van der Waals surface area contributed by atoms with Crippen LogP contribution in [0.15, 0.2) is 95.4 Å². The summed E-state index contributed by atoms with van der Waals surface area (Å²) >= 11 is 1.46. The minimum atomic E-state index is -0.674. The average molecular weight is 475 g/mol. The molecule has 0 radical (unpaired) electrons. The molecule has 0 unspecified atom stereocenters. The van der Waals surface area contributed by atoms with E-state index in [1.54, 1.807) is 19.1 Å². The molecule has 3 aliphatic heterocycles. The van der Waals surface area contributed by atoms with Gasteiger partial charge in [-0.2, -0.15) is 0 Å². The molecule has 0 aliphatic carbocycles. The average Bonchev–Trinajstić information content (AvgIpc) is 3.18. The van der Waals surface area contributed by atoms with Crippen LogP contribution in [0.3, 0.4) is 0 Å². The number of nitrogens with two attached hydrogens (primary N) is 1. The molecule has 3 aliphatic rings. The summed E-state index contributed by atoms with van der Waals surface area (Å²) in [4.78, 5) is 39.5. The Bertz CT molecular complexity index is 1210. The molecule has 7 nitrogen and oxygen atoms in total. The lowest BCUT2D eigenvalue weighted by Gasteiger charge is -2.48.